The van der Waals surface area contributed by atoms with E-state index in [1.807, 2.05) is 6.92 Å². The highest BCUT2D eigenvalue weighted by molar-refractivity contribution is 5.92. The second-order valence-corrected chi connectivity index (χ2v) is 5.43. The Morgan fingerprint density at radius 1 is 1.45 bits per heavy atom. The summed E-state index contributed by atoms with van der Waals surface area (Å²) < 4.78 is 0. The van der Waals surface area contributed by atoms with Gasteiger partial charge in [0.2, 0.25) is 0 Å². The molecule has 0 aliphatic carbocycles. The molecule has 1 fully saturated rings. The molecule has 1 aromatic heterocycles. The lowest BCUT2D eigenvalue weighted by atomic mass is 9.94. The summed E-state index contributed by atoms with van der Waals surface area (Å²) in [7, 11) is 2.11. The fraction of sp³-hybridized carbons (Fsp3) is 0.643. The first kappa shape index (κ1) is 14.7. The van der Waals surface area contributed by atoms with Crippen molar-refractivity contribution in [2.24, 2.45) is 5.92 Å². The summed E-state index contributed by atoms with van der Waals surface area (Å²) >= 11 is 0. The SMILES string of the molecule is CCNc1cnc(C(=O)NC2CCN(C)CC2C)cn1. The van der Waals surface area contributed by atoms with Gasteiger partial charge in [0.15, 0.2) is 0 Å². The molecule has 1 amide bonds. The topological polar surface area (TPSA) is 70.2 Å². The number of hydrogen-bond acceptors (Lipinski definition) is 5. The average Bonchev–Trinajstić information content (AvgIpc) is 2.43. The molecule has 2 rings (SSSR count). The van der Waals surface area contributed by atoms with Gasteiger partial charge in [0, 0.05) is 19.1 Å². The maximum Gasteiger partial charge on any atom is 0.271 e. The van der Waals surface area contributed by atoms with E-state index in [-0.39, 0.29) is 11.9 Å². The van der Waals surface area contributed by atoms with Gasteiger partial charge in [0.05, 0.1) is 12.4 Å². The highest BCUT2D eigenvalue weighted by Crippen LogP contribution is 2.15. The fourth-order valence-electron chi connectivity index (χ4n) is 2.53. The van der Waals surface area contributed by atoms with E-state index in [9.17, 15) is 4.79 Å². The highest BCUT2D eigenvalue weighted by Gasteiger charge is 2.26. The molecule has 2 N–H and O–H groups in total. The Morgan fingerprint density at radius 2 is 2.25 bits per heavy atom. The van der Waals surface area contributed by atoms with Crippen molar-refractivity contribution in [1.29, 1.82) is 0 Å². The summed E-state index contributed by atoms with van der Waals surface area (Å²) in [6, 6.07) is 0.217. The number of amides is 1. The van der Waals surface area contributed by atoms with Crippen LogP contribution in [-0.2, 0) is 0 Å². The number of nitrogens with one attached hydrogen (secondary N) is 2. The van der Waals surface area contributed by atoms with Crippen molar-refractivity contribution in [2.45, 2.75) is 26.3 Å². The lowest BCUT2D eigenvalue weighted by Gasteiger charge is -2.35. The van der Waals surface area contributed by atoms with Crippen molar-refractivity contribution in [2.75, 3.05) is 32.0 Å². The normalized spacial score (nSPS) is 23.4. The summed E-state index contributed by atoms with van der Waals surface area (Å²) in [5, 5.41) is 6.12. The first-order valence-electron chi connectivity index (χ1n) is 7.15. The largest absolute Gasteiger partial charge is 0.369 e. The Kier molecular flexibility index (Phi) is 4.89. The molecule has 20 heavy (non-hydrogen) atoms. The van der Waals surface area contributed by atoms with Crippen LogP contribution in [0.2, 0.25) is 0 Å². The lowest BCUT2D eigenvalue weighted by molar-refractivity contribution is 0.0878. The zero-order valence-electron chi connectivity index (χ0n) is 12.4. The molecule has 1 aliphatic heterocycles. The van der Waals surface area contributed by atoms with E-state index in [4.69, 9.17) is 0 Å². The van der Waals surface area contributed by atoms with E-state index in [1.165, 1.54) is 6.20 Å². The molecule has 0 radical (unpaired) electrons. The van der Waals surface area contributed by atoms with Gasteiger partial charge in [-0.25, -0.2) is 9.97 Å². The van der Waals surface area contributed by atoms with Gasteiger partial charge < -0.3 is 15.5 Å². The molecule has 1 aromatic rings. The number of anilines is 1. The van der Waals surface area contributed by atoms with E-state index in [1.54, 1.807) is 6.20 Å². The van der Waals surface area contributed by atoms with Gasteiger partial charge in [0.1, 0.15) is 11.5 Å². The third-order valence-electron chi connectivity index (χ3n) is 3.67. The number of aromatic nitrogens is 2. The molecule has 2 heterocycles. The summed E-state index contributed by atoms with van der Waals surface area (Å²) in [5.74, 6) is 1.00. The molecule has 6 nitrogen and oxygen atoms in total. The first-order chi connectivity index (χ1) is 9.60. The molecule has 2 unspecified atom stereocenters. The van der Waals surface area contributed by atoms with Crippen LogP contribution in [0.1, 0.15) is 30.8 Å². The summed E-state index contributed by atoms with van der Waals surface area (Å²) in [5.41, 5.74) is 0.373. The molecule has 6 heteroatoms. The Labute approximate surface area is 120 Å². The van der Waals surface area contributed by atoms with Crippen molar-refractivity contribution >= 4 is 11.7 Å². The van der Waals surface area contributed by atoms with E-state index in [0.717, 1.165) is 26.1 Å². The Hall–Kier alpha value is -1.69. The second kappa shape index (κ2) is 6.65. The van der Waals surface area contributed by atoms with Gasteiger partial charge in [-0.1, -0.05) is 6.92 Å². The molecule has 0 bridgehead atoms. The monoisotopic (exact) mass is 277 g/mol. The minimum atomic E-state index is -0.137. The maximum absolute atomic E-state index is 12.2. The number of hydrogen-bond donors (Lipinski definition) is 2. The van der Waals surface area contributed by atoms with E-state index in [0.29, 0.717) is 17.4 Å². The van der Waals surface area contributed by atoms with Crippen LogP contribution >= 0.6 is 0 Å². The zero-order valence-corrected chi connectivity index (χ0v) is 12.4. The Morgan fingerprint density at radius 3 is 2.85 bits per heavy atom. The van der Waals surface area contributed by atoms with Crippen LogP contribution in [0.5, 0.6) is 0 Å². The van der Waals surface area contributed by atoms with Gasteiger partial charge >= 0.3 is 0 Å². The molecule has 1 aliphatic rings. The number of nitrogens with zero attached hydrogens (tertiary/aromatic N) is 3. The third kappa shape index (κ3) is 3.66. The minimum Gasteiger partial charge on any atom is -0.369 e. The molecular formula is C14H23N5O. The van der Waals surface area contributed by atoms with Crippen LogP contribution in [-0.4, -0.2) is 53.5 Å². The quantitative estimate of drug-likeness (QED) is 0.858. The molecule has 0 aromatic carbocycles. The van der Waals surface area contributed by atoms with E-state index < -0.39 is 0 Å². The van der Waals surface area contributed by atoms with Crippen molar-refractivity contribution in [3.05, 3.63) is 18.1 Å². The standard InChI is InChI=1S/C14H23N5O/c1-4-15-13-8-16-12(7-17-13)14(20)18-11-5-6-19(3)9-10(11)2/h7-8,10-11H,4-6,9H2,1-3H3,(H,15,17)(H,18,20). The number of rotatable bonds is 4. The molecule has 110 valence electrons. The van der Waals surface area contributed by atoms with Crippen LogP contribution in [0, 0.1) is 5.92 Å². The smallest absolute Gasteiger partial charge is 0.271 e. The predicted octanol–water partition coefficient (Wildman–Crippen LogP) is 0.978. The van der Waals surface area contributed by atoms with E-state index in [2.05, 4.69) is 39.5 Å². The zero-order chi connectivity index (χ0) is 14.5. The lowest BCUT2D eigenvalue weighted by Crippen LogP contribution is -2.49. The Bertz CT molecular complexity index is 447. The number of carbonyl (C=O) groups excluding carboxylic acids is 1. The van der Waals surface area contributed by atoms with Gasteiger partial charge in [-0.05, 0) is 32.9 Å². The third-order valence-corrected chi connectivity index (χ3v) is 3.67. The fourth-order valence-corrected chi connectivity index (χ4v) is 2.53. The summed E-state index contributed by atoms with van der Waals surface area (Å²) in [4.78, 5) is 22.8. The van der Waals surface area contributed by atoms with Gasteiger partial charge in [0.25, 0.3) is 5.91 Å². The van der Waals surface area contributed by atoms with Crippen molar-refractivity contribution in [1.82, 2.24) is 20.2 Å². The van der Waals surface area contributed by atoms with E-state index >= 15 is 0 Å². The molecule has 1 saturated heterocycles. The minimum absolute atomic E-state index is 0.137. The van der Waals surface area contributed by atoms with Crippen molar-refractivity contribution < 1.29 is 4.79 Å². The molecule has 0 saturated carbocycles. The molecule has 2 atom stereocenters. The second-order valence-electron chi connectivity index (χ2n) is 5.43. The average molecular weight is 277 g/mol. The highest BCUT2D eigenvalue weighted by atomic mass is 16.1. The Balaban J connectivity index is 1.94. The van der Waals surface area contributed by atoms with Crippen LogP contribution in [0.4, 0.5) is 5.82 Å². The predicted molar refractivity (Wildman–Crippen MR) is 78.7 cm³/mol. The van der Waals surface area contributed by atoms with Crippen molar-refractivity contribution in [3.8, 4) is 0 Å². The number of piperidine rings is 1. The van der Waals surface area contributed by atoms with Crippen molar-refractivity contribution in [3.63, 3.8) is 0 Å². The first-order valence-corrected chi connectivity index (χ1v) is 7.15. The maximum atomic E-state index is 12.2. The summed E-state index contributed by atoms with van der Waals surface area (Å²) in [6.45, 7) is 6.97. The van der Waals surface area contributed by atoms with Gasteiger partial charge in [-0.15, -0.1) is 0 Å². The number of carbonyl (C=O) groups is 1. The van der Waals surface area contributed by atoms with Crippen LogP contribution in [0.25, 0.3) is 0 Å². The summed E-state index contributed by atoms with van der Waals surface area (Å²) in [6.07, 6.45) is 4.09. The molecular weight excluding hydrogens is 254 g/mol. The van der Waals surface area contributed by atoms with Gasteiger partial charge in [-0.3, -0.25) is 4.79 Å². The van der Waals surface area contributed by atoms with Crippen LogP contribution in [0.15, 0.2) is 12.4 Å². The molecule has 0 spiro atoms. The van der Waals surface area contributed by atoms with Gasteiger partial charge in [-0.2, -0.15) is 0 Å². The van der Waals surface area contributed by atoms with Crippen LogP contribution < -0.4 is 10.6 Å². The number of likely N-dealkylation sites (tertiary alicyclic amines) is 1. The van der Waals surface area contributed by atoms with Crippen LogP contribution in [0.3, 0.4) is 0 Å².